The average molecular weight is 319 g/mol. The SMILES string of the molecule is Cl.NC(=O)OCC(N)CC1c2ccccc2-c2ccccc21. The van der Waals surface area contributed by atoms with Gasteiger partial charge in [-0.2, -0.15) is 0 Å². The molecule has 5 heteroatoms. The monoisotopic (exact) mass is 318 g/mol. The summed E-state index contributed by atoms with van der Waals surface area (Å²) in [6.07, 6.45) is -0.0564. The summed E-state index contributed by atoms with van der Waals surface area (Å²) in [6.45, 7) is 0.149. The Labute approximate surface area is 135 Å². The highest BCUT2D eigenvalue weighted by atomic mass is 35.5. The summed E-state index contributed by atoms with van der Waals surface area (Å²) in [7, 11) is 0. The summed E-state index contributed by atoms with van der Waals surface area (Å²) in [5, 5.41) is 0. The summed E-state index contributed by atoms with van der Waals surface area (Å²) in [4.78, 5) is 10.7. The molecular weight excluding hydrogens is 300 g/mol. The van der Waals surface area contributed by atoms with E-state index < -0.39 is 6.09 Å². The zero-order valence-electron chi connectivity index (χ0n) is 12.1. The first kappa shape index (κ1) is 16.3. The van der Waals surface area contributed by atoms with Gasteiger partial charge in [0.25, 0.3) is 0 Å². The van der Waals surface area contributed by atoms with Gasteiger partial charge in [0.1, 0.15) is 6.61 Å². The molecule has 1 amide bonds. The molecule has 0 radical (unpaired) electrons. The van der Waals surface area contributed by atoms with Gasteiger partial charge in [-0.15, -0.1) is 12.4 Å². The molecule has 0 spiro atoms. The van der Waals surface area contributed by atoms with Crippen molar-refractivity contribution in [1.29, 1.82) is 0 Å². The third-order valence-corrected chi connectivity index (χ3v) is 3.94. The van der Waals surface area contributed by atoms with Crippen LogP contribution in [0.15, 0.2) is 48.5 Å². The maximum Gasteiger partial charge on any atom is 0.404 e. The second-order valence-electron chi connectivity index (χ2n) is 5.35. The topological polar surface area (TPSA) is 78.3 Å². The zero-order chi connectivity index (χ0) is 14.8. The Balaban J connectivity index is 0.00000176. The van der Waals surface area contributed by atoms with Crippen LogP contribution in [0.2, 0.25) is 0 Å². The number of benzene rings is 2. The Morgan fingerprint density at radius 1 is 1.05 bits per heavy atom. The summed E-state index contributed by atoms with van der Waals surface area (Å²) in [5.74, 6) is 0.240. The third-order valence-electron chi connectivity index (χ3n) is 3.94. The van der Waals surface area contributed by atoms with Crippen LogP contribution >= 0.6 is 12.4 Å². The number of hydrogen-bond donors (Lipinski definition) is 2. The summed E-state index contributed by atoms with van der Waals surface area (Å²) in [6, 6.07) is 16.5. The fourth-order valence-electron chi connectivity index (χ4n) is 3.07. The van der Waals surface area contributed by atoms with Crippen molar-refractivity contribution in [3.05, 3.63) is 59.7 Å². The Kier molecular flexibility index (Phi) is 5.06. The van der Waals surface area contributed by atoms with Crippen molar-refractivity contribution in [2.45, 2.75) is 18.4 Å². The number of ether oxygens (including phenoxy) is 1. The Hall–Kier alpha value is -2.04. The number of amides is 1. The van der Waals surface area contributed by atoms with E-state index in [1.54, 1.807) is 0 Å². The van der Waals surface area contributed by atoms with Gasteiger partial charge in [0.2, 0.25) is 0 Å². The van der Waals surface area contributed by atoms with Crippen LogP contribution in [0.5, 0.6) is 0 Å². The van der Waals surface area contributed by atoms with Gasteiger partial charge in [-0.05, 0) is 28.7 Å². The van der Waals surface area contributed by atoms with Crippen molar-refractivity contribution in [3.63, 3.8) is 0 Å². The van der Waals surface area contributed by atoms with Crippen molar-refractivity contribution in [2.75, 3.05) is 6.61 Å². The zero-order valence-corrected chi connectivity index (χ0v) is 12.9. The average Bonchev–Trinajstić information content (AvgIpc) is 2.80. The van der Waals surface area contributed by atoms with Crippen molar-refractivity contribution in [1.82, 2.24) is 0 Å². The lowest BCUT2D eigenvalue weighted by atomic mass is 9.90. The highest BCUT2D eigenvalue weighted by molar-refractivity contribution is 5.85. The van der Waals surface area contributed by atoms with Gasteiger partial charge in [-0.3, -0.25) is 0 Å². The molecule has 0 aliphatic heterocycles. The number of fused-ring (bicyclic) bond motifs is 3. The van der Waals surface area contributed by atoms with E-state index in [4.69, 9.17) is 16.2 Å². The van der Waals surface area contributed by atoms with Gasteiger partial charge in [0.15, 0.2) is 0 Å². The number of carbonyl (C=O) groups is 1. The largest absolute Gasteiger partial charge is 0.448 e. The number of primary amides is 1. The first-order valence-electron chi connectivity index (χ1n) is 7.03. The van der Waals surface area contributed by atoms with E-state index in [1.165, 1.54) is 22.3 Å². The molecule has 2 aromatic rings. The molecular formula is C17H19ClN2O2. The molecule has 1 atom stereocenters. The van der Waals surface area contributed by atoms with E-state index in [0.717, 1.165) is 6.42 Å². The van der Waals surface area contributed by atoms with Crippen LogP contribution in [-0.2, 0) is 4.74 Å². The third kappa shape index (κ3) is 3.08. The van der Waals surface area contributed by atoms with Crippen LogP contribution in [0.1, 0.15) is 23.5 Å². The van der Waals surface area contributed by atoms with E-state index in [2.05, 4.69) is 24.3 Å². The number of rotatable bonds is 4. The lowest BCUT2D eigenvalue weighted by Gasteiger charge is -2.18. The highest BCUT2D eigenvalue weighted by Gasteiger charge is 2.29. The minimum atomic E-state index is -0.780. The number of hydrogen-bond acceptors (Lipinski definition) is 3. The molecule has 0 heterocycles. The quantitative estimate of drug-likeness (QED) is 0.909. The van der Waals surface area contributed by atoms with Crippen molar-refractivity contribution in [2.24, 2.45) is 11.5 Å². The second kappa shape index (κ2) is 6.81. The molecule has 4 N–H and O–H groups in total. The lowest BCUT2D eigenvalue weighted by molar-refractivity contribution is 0.147. The maximum absolute atomic E-state index is 10.7. The molecule has 0 saturated heterocycles. The van der Waals surface area contributed by atoms with E-state index in [9.17, 15) is 4.79 Å². The van der Waals surface area contributed by atoms with Gasteiger partial charge in [-0.25, -0.2) is 4.79 Å². The van der Waals surface area contributed by atoms with Gasteiger partial charge in [0, 0.05) is 12.0 Å². The minimum Gasteiger partial charge on any atom is -0.448 e. The Bertz CT molecular complexity index is 630. The lowest BCUT2D eigenvalue weighted by Crippen LogP contribution is -2.31. The highest BCUT2D eigenvalue weighted by Crippen LogP contribution is 2.46. The fraction of sp³-hybridized carbons (Fsp3) is 0.235. The van der Waals surface area contributed by atoms with Crippen LogP contribution in [0.4, 0.5) is 4.79 Å². The number of carbonyl (C=O) groups excluding carboxylic acids is 1. The molecule has 4 nitrogen and oxygen atoms in total. The second-order valence-corrected chi connectivity index (χ2v) is 5.35. The molecule has 2 aromatic carbocycles. The molecule has 1 aliphatic carbocycles. The van der Waals surface area contributed by atoms with Crippen molar-refractivity contribution in [3.8, 4) is 11.1 Å². The summed E-state index contributed by atoms with van der Waals surface area (Å²) in [5.41, 5.74) is 16.2. The normalized spacial score (nSPS) is 13.7. The van der Waals surface area contributed by atoms with Crippen LogP contribution in [-0.4, -0.2) is 18.7 Å². The maximum atomic E-state index is 10.7. The molecule has 0 bridgehead atoms. The van der Waals surface area contributed by atoms with Crippen molar-refractivity contribution >= 4 is 18.5 Å². The van der Waals surface area contributed by atoms with Crippen LogP contribution in [0.3, 0.4) is 0 Å². The van der Waals surface area contributed by atoms with E-state index in [-0.39, 0.29) is 31.0 Å². The Morgan fingerprint density at radius 3 is 2.05 bits per heavy atom. The number of halogens is 1. The van der Waals surface area contributed by atoms with E-state index >= 15 is 0 Å². The van der Waals surface area contributed by atoms with Gasteiger partial charge in [-0.1, -0.05) is 48.5 Å². The van der Waals surface area contributed by atoms with Crippen molar-refractivity contribution < 1.29 is 9.53 Å². The van der Waals surface area contributed by atoms with Gasteiger partial charge < -0.3 is 16.2 Å². The molecule has 22 heavy (non-hydrogen) atoms. The first-order chi connectivity index (χ1) is 10.2. The number of nitrogens with two attached hydrogens (primary N) is 2. The molecule has 116 valence electrons. The standard InChI is InChI=1S/C17H18N2O2.ClH/c18-11(10-21-17(19)20)9-16-14-7-3-1-5-12(14)13-6-2-4-8-15(13)16;/h1-8,11,16H,9-10,18H2,(H2,19,20);1H. The van der Waals surface area contributed by atoms with Crippen LogP contribution < -0.4 is 11.5 Å². The summed E-state index contributed by atoms with van der Waals surface area (Å²) < 4.78 is 4.80. The summed E-state index contributed by atoms with van der Waals surface area (Å²) >= 11 is 0. The molecule has 0 saturated carbocycles. The van der Waals surface area contributed by atoms with E-state index in [0.29, 0.717) is 0 Å². The fourth-order valence-corrected chi connectivity index (χ4v) is 3.07. The minimum absolute atomic E-state index is 0. The smallest absolute Gasteiger partial charge is 0.404 e. The molecule has 0 fully saturated rings. The molecule has 1 unspecified atom stereocenters. The van der Waals surface area contributed by atoms with Gasteiger partial charge >= 0.3 is 6.09 Å². The van der Waals surface area contributed by atoms with E-state index in [1.807, 2.05) is 24.3 Å². The predicted octanol–water partition coefficient (Wildman–Crippen LogP) is 3.03. The van der Waals surface area contributed by atoms with Gasteiger partial charge in [0.05, 0.1) is 0 Å². The molecule has 1 aliphatic rings. The van der Waals surface area contributed by atoms with Crippen LogP contribution in [0.25, 0.3) is 11.1 Å². The first-order valence-corrected chi connectivity index (χ1v) is 7.03. The molecule has 3 rings (SSSR count). The van der Waals surface area contributed by atoms with Crippen LogP contribution in [0, 0.1) is 0 Å². The predicted molar refractivity (Wildman–Crippen MR) is 89.1 cm³/mol. The molecule has 0 aromatic heterocycles. The Morgan fingerprint density at radius 2 is 1.55 bits per heavy atom.